The van der Waals surface area contributed by atoms with Crippen molar-refractivity contribution in [2.75, 3.05) is 4.90 Å². The molecule has 2 aromatic heterocycles. The monoisotopic (exact) mass is 349 g/mol. The molecule has 0 spiro atoms. The SMILES string of the molecule is CC(C)(C)c1nc(Br)cc(N(Cc2ccco2)C2CC2)n1. The van der Waals surface area contributed by atoms with Crippen LogP contribution in [0.2, 0.25) is 0 Å². The van der Waals surface area contributed by atoms with Crippen LogP contribution in [-0.2, 0) is 12.0 Å². The summed E-state index contributed by atoms with van der Waals surface area (Å²) in [4.78, 5) is 11.6. The van der Waals surface area contributed by atoms with E-state index in [1.54, 1.807) is 6.26 Å². The number of hydrogen-bond acceptors (Lipinski definition) is 4. The van der Waals surface area contributed by atoms with Crippen LogP contribution in [0.15, 0.2) is 33.5 Å². The topological polar surface area (TPSA) is 42.2 Å². The summed E-state index contributed by atoms with van der Waals surface area (Å²) in [7, 11) is 0. The van der Waals surface area contributed by atoms with Gasteiger partial charge in [0.15, 0.2) is 0 Å². The van der Waals surface area contributed by atoms with Crippen molar-refractivity contribution in [1.82, 2.24) is 9.97 Å². The van der Waals surface area contributed by atoms with Gasteiger partial charge < -0.3 is 9.32 Å². The fourth-order valence-electron chi connectivity index (χ4n) is 2.24. The van der Waals surface area contributed by atoms with E-state index in [0.717, 1.165) is 28.6 Å². The van der Waals surface area contributed by atoms with Gasteiger partial charge >= 0.3 is 0 Å². The molecule has 1 fully saturated rings. The molecule has 0 amide bonds. The number of aromatic nitrogens is 2. The number of hydrogen-bond donors (Lipinski definition) is 0. The summed E-state index contributed by atoms with van der Waals surface area (Å²) >= 11 is 3.52. The Morgan fingerprint density at radius 3 is 2.67 bits per heavy atom. The number of halogens is 1. The minimum atomic E-state index is -0.0710. The highest BCUT2D eigenvalue weighted by molar-refractivity contribution is 9.10. The number of anilines is 1. The zero-order valence-corrected chi connectivity index (χ0v) is 14.2. The van der Waals surface area contributed by atoms with Crippen LogP contribution in [0, 0.1) is 0 Å². The average Bonchev–Trinajstić information content (AvgIpc) is 3.11. The molecular weight excluding hydrogens is 330 g/mol. The first kappa shape index (κ1) is 14.6. The summed E-state index contributed by atoms with van der Waals surface area (Å²) in [5.74, 6) is 2.80. The van der Waals surface area contributed by atoms with E-state index in [2.05, 4.69) is 46.6 Å². The van der Waals surface area contributed by atoms with Crippen molar-refractivity contribution >= 4 is 21.7 Å². The van der Waals surface area contributed by atoms with Crippen molar-refractivity contribution in [2.45, 2.75) is 51.6 Å². The Labute approximate surface area is 133 Å². The highest BCUT2D eigenvalue weighted by atomic mass is 79.9. The Hall–Kier alpha value is -1.36. The predicted octanol–water partition coefficient (Wildman–Crippen LogP) is 4.30. The molecule has 1 aliphatic rings. The summed E-state index contributed by atoms with van der Waals surface area (Å²) in [6.45, 7) is 7.15. The van der Waals surface area contributed by atoms with E-state index in [-0.39, 0.29) is 5.41 Å². The Bertz CT molecular complexity index is 615. The van der Waals surface area contributed by atoms with Crippen LogP contribution in [0.4, 0.5) is 5.82 Å². The molecule has 0 radical (unpaired) electrons. The summed E-state index contributed by atoms with van der Waals surface area (Å²) < 4.78 is 6.33. The highest BCUT2D eigenvalue weighted by Crippen LogP contribution is 2.34. The van der Waals surface area contributed by atoms with Gasteiger partial charge in [-0.1, -0.05) is 20.8 Å². The molecule has 0 aliphatic heterocycles. The molecule has 0 atom stereocenters. The van der Waals surface area contributed by atoms with Gasteiger partial charge in [0.05, 0.1) is 12.8 Å². The van der Waals surface area contributed by atoms with Gasteiger partial charge in [-0.05, 0) is 40.9 Å². The van der Waals surface area contributed by atoms with E-state index in [4.69, 9.17) is 9.40 Å². The molecule has 0 unspecified atom stereocenters. The van der Waals surface area contributed by atoms with Crippen LogP contribution >= 0.6 is 15.9 Å². The van der Waals surface area contributed by atoms with Gasteiger partial charge in [-0.15, -0.1) is 0 Å². The van der Waals surface area contributed by atoms with Crippen LogP contribution in [0.25, 0.3) is 0 Å². The van der Waals surface area contributed by atoms with E-state index in [0.29, 0.717) is 6.04 Å². The van der Waals surface area contributed by atoms with Gasteiger partial charge in [-0.2, -0.15) is 0 Å². The van der Waals surface area contributed by atoms with Crippen molar-refractivity contribution in [3.05, 3.63) is 40.7 Å². The lowest BCUT2D eigenvalue weighted by molar-refractivity contribution is 0.498. The maximum Gasteiger partial charge on any atom is 0.137 e. The Kier molecular flexibility index (Phi) is 3.78. The normalized spacial score (nSPS) is 15.2. The van der Waals surface area contributed by atoms with Gasteiger partial charge in [0.2, 0.25) is 0 Å². The van der Waals surface area contributed by atoms with Gasteiger partial charge in [-0.3, -0.25) is 0 Å². The smallest absolute Gasteiger partial charge is 0.137 e. The molecule has 4 nitrogen and oxygen atoms in total. The first-order valence-electron chi connectivity index (χ1n) is 7.27. The summed E-state index contributed by atoms with van der Waals surface area (Å²) in [6, 6.07) is 6.49. The van der Waals surface area contributed by atoms with Gasteiger partial charge in [0.25, 0.3) is 0 Å². The summed E-state index contributed by atoms with van der Waals surface area (Å²) in [5, 5.41) is 0. The van der Waals surface area contributed by atoms with Crippen LogP contribution in [0.1, 0.15) is 45.2 Å². The van der Waals surface area contributed by atoms with E-state index >= 15 is 0 Å². The first-order valence-corrected chi connectivity index (χ1v) is 8.07. The quantitative estimate of drug-likeness (QED) is 0.771. The molecule has 2 heterocycles. The van der Waals surface area contributed by atoms with Gasteiger partial charge in [-0.25, -0.2) is 9.97 Å². The number of rotatable bonds is 4. The van der Waals surface area contributed by atoms with Gasteiger partial charge in [0.1, 0.15) is 22.0 Å². The molecular formula is C16H20BrN3O. The number of furan rings is 1. The molecule has 5 heteroatoms. The zero-order chi connectivity index (χ0) is 15.0. The molecule has 112 valence electrons. The number of nitrogens with zero attached hydrogens (tertiary/aromatic N) is 3. The van der Waals surface area contributed by atoms with Gasteiger partial charge in [0, 0.05) is 17.5 Å². The third kappa shape index (κ3) is 3.46. The van der Waals surface area contributed by atoms with E-state index in [1.807, 2.05) is 18.2 Å². The summed E-state index contributed by atoms with van der Waals surface area (Å²) in [6.07, 6.45) is 4.15. The highest BCUT2D eigenvalue weighted by Gasteiger charge is 2.32. The molecule has 0 aromatic carbocycles. The Morgan fingerprint density at radius 1 is 1.33 bits per heavy atom. The first-order chi connectivity index (χ1) is 9.93. The maximum absolute atomic E-state index is 5.49. The second-order valence-corrected chi connectivity index (χ2v) is 7.37. The lowest BCUT2D eigenvalue weighted by Crippen LogP contribution is -2.27. The predicted molar refractivity (Wildman–Crippen MR) is 86.3 cm³/mol. The maximum atomic E-state index is 5.49. The lowest BCUT2D eigenvalue weighted by Gasteiger charge is -2.25. The largest absolute Gasteiger partial charge is 0.467 e. The molecule has 1 saturated carbocycles. The molecule has 3 rings (SSSR count). The molecule has 0 saturated heterocycles. The van der Waals surface area contributed by atoms with Crippen molar-refractivity contribution in [3.63, 3.8) is 0 Å². The zero-order valence-electron chi connectivity index (χ0n) is 12.6. The fraction of sp³-hybridized carbons (Fsp3) is 0.500. The van der Waals surface area contributed by atoms with Crippen LogP contribution < -0.4 is 4.90 Å². The standard InChI is InChI=1S/C16H20BrN3O/c1-16(2,3)15-18-13(17)9-14(19-15)20(11-6-7-11)10-12-5-4-8-21-12/h4-5,8-9,11H,6-7,10H2,1-3H3. The van der Waals surface area contributed by atoms with E-state index < -0.39 is 0 Å². The minimum absolute atomic E-state index is 0.0710. The Morgan fingerprint density at radius 2 is 2.10 bits per heavy atom. The molecule has 21 heavy (non-hydrogen) atoms. The van der Waals surface area contributed by atoms with Crippen molar-refractivity contribution in [3.8, 4) is 0 Å². The van der Waals surface area contributed by atoms with E-state index in [1.165, 1.54) is 12.8 Å². The van der Waals surface area contributed by atoms with Crippen molar-refractivity contribution in [2.24, 2.45) is 0 Å². The summed E-state index contributed by atoms with van der Waals surface area (Å²) in [5.41, 5.74) is -0.0710. The molecule has 2 aromatic rings. The fourth-order valence-corrected chi connectivity index (χ4v) is 2.61. The third-order valence-corrected chi connectivity index (χ3v) is 3.95. The van der Waals surface area contributed by atoms with E-state index in [9.17, 15) is 0 Å². The minimum Gasteiger partial charge on any atom is -0.467 e. The third-order valence-electron chi connectivity index (χ3n) is 3.54. The lowest BCUT2D eigenvalue weighted by atomic mass is 9.96. The van der Waals surface area contributed by atoms with Crippen molar-refractivity contribution < 1.29 is 4.42 Å². The second kappa shape index (κ2) is 5.44. The molecule has 1 aliphatic carbocycles. The molecule has 0 bridgehead atoms. The van der Waals surface area contributed by atoms with Crippen LogP contribution in [-0.4, -0.2) is 16.0 Å². The second-order valence-electron chi connectivity index (χ2n) is 6.56. The van der Waals surface area contributed by atoms with Crippen LogP contribution in [0.3, 0.4) is 0 Å². The Balaban J connectivity index is 1.94. The average molecular weight is 350 g/mol. The van der Waals surface area contributed by atoms with Crippen molar-refractivity contribution in [1.29, 1.82) is 0 Å². The van der Waals surface area contributed by atoms with Crippen LogP contribution in [0.5, 0.6) is 0 Å². The molecule has 0 N–H and O–H groups in total.